The van der Waals surface area contributed by atoms with Gasteiger partial charge >= 0.3 is 0 Å². The number of ether oxygens (including phenoxy) is 1. The van der Waals surface area contributed by atoms with Gasteiger partial charge in [-0.15, -0.1) is 0 Å². The fourth-order valence-corrected chi connectivity index (χ4v) is 2.30. The Morgan fingerprint density at radius 1 is 1.52 bits per heavy atom. The number of rotatable bonds is 2. The molecule has 6 nitrogen and oxygen atoms in total. The van der Waals surface area contributed by atoms with Gasteiger partial charge in [0.25, 0.3) is 5.91 Å². The van der Waals surface area contributed by atoms with E-state index < -0.39 is 0 Å². The van der Waals surface area contributed by atoms with Gasteiger partial charge in [0, 0.05) is 18.0 Å². The molecule has 0 saturated carbocycles. The van der Waals surface area contributed by atoms with E-state index in [1.165, 1.54) is 12.3 Å². The summed E-state index contributed by atoms with van der Waals surface area (Å²) in [5.74, 6) is 0.0798. The number of halogens is 1. The fourth-order valence-electron chi connectivity index (χ4n) is 2.13. The van der Waals surface area contributed by atoms with Crippen LogP contribution < -0.4 is 10.1 Å². The minimum atomic E-state index is -0.378. The molecule has 0 aliphatic carbocycles. The smallest absolute Gasteiger partial charge is 0.262 e. The van der Waals surface area contributed by atoms with Crippen LogP contribution >= 0.6 is 11.6 Å². The van der Waals surface area contributed by atoms with Crippen LogP contribution in [0.1, 0.15) is 22.3 Å². The van der Waals surface area contributed by atoms with E-state index in [4.69, 9.17) is 21.6 Å². The summed E-state index contributed by atoms with van der Waals surface area (Å²) < 4.78 is 7.14. The van der Waals surface area contributed by atoms with Crippen LogP contribution in [0, 0.1) is 11.3 Å². The van der Waals surface area contributed by atoms with Gasteiger partial charge in [-0.3, -0.25) is 4.79 Å². The van der Waals surface area contributed by atoms with Crippen LogP contribution in [0.15, 0.2) is 24.4 Å². The summed E-state index contributed by atoms with van der Waals surface area (Å²) in [5.41, 5.74) is 1.05. The summed E-state index contributed by atoms with van der Waals surface area (Å²) in [7, 11) is 0. The highest BCUT2D eigenvalue weighted by atomic mass is 35.5. The lowest BCUT2D eigenvalue weighted by Crippen LogP contribution is -2.18. The van der Waals surface area contributed by atoms with Crippen molar-refractivity contribution >= 4 is 23.2 Å². The van der Waals surface area contributed by atoms with Crippen molar-refractivity contribution in [1.29, 1.82) is 5.26 Å². The van der Waals surface area contributed by atoms with Crippen LogP contribution in [-0.4, -0.2) is 22.3 Å². The molecule has 3 rings (SSSR count). The highest BCUT2D eigenvalue weighted by molar-refractivity contribution is 6.31. The highest BCUT2D eigenvalue weighted by Crippen LogP contribution is 2.25. The number of aromatic nitrogens is 2. The zero-order valence-electron chi connectivity index (χ0n) is 11.0. The number of hydrogen-bond donors (Lipinski definition) is 1. The van der Waals surface area contributed by atoms with Gasteiger partial charge in [0.05, 0.1) is 24.1 Å². The molecule has 2 heterocycles. The molecule has 21 heavy (non-hydrogen) atoms. The van der Waals surface area contributed by atoms with Crippen LogP contribution in [0.3, 0.4) is 0 Å². The molecule has 1 amide bonds. The summed E-state index contributed by atoms with van der Waals surface area (Å²) in [5, 5.41) is 16.3. The van der Waals surface area contributed by atoms with Crippen LogP contribution in [0.2, 0.25) is 5.02 Å². The Labute approximate surface area is 125 Å². The highest BCUT2D eigenvalue weighted by Gasteiger charge is 2.22. The zero-order valence-corrected chi connectivity index (χ0v) is 11.7. The second-order valence-corrected chi connectivity index (χ2v) is 4.98. The largest absolute Gasteiger partial charge is 0.477 e. The summed E-state index contributed by atoms with van der Waals surface area (Å²) >= 11 is 5.90. The first-order valence-electron chi connectivity index (χ1n) is 6.38. The monoisotopic (exact) mass is 302 g/mol. The number of carbonyl (C=O) groups excluding carboxylic acids is 1. The average Bonchev–Trinajstić information content (AvgIpc) is 2.91. The molecule has 0 atom stereocenters. The molecule has 0 saturated heterocycles. The third kappa shape index (κ3) is 2.56. The van der Waals surface area contributed by atoms with Gasteiger partial charge in [-0.05, 0) is 18.2 Å². The first-order chi connectivity index (χ1) is 10.2. The molecule has 2 aromatic rings. The molecule has 1 aliphatic rings. The molecule has 1 aliphatic heterocycles. The minimum absolute atomic E-state index is 0.342. The second-order valence-electron chi connectivity index (χ2n) is 4.54. The van der Waals surface area contributed by atoms with E-state index in [9.17, 15) is 4.79 Å². The number of aryl methyl sites for hydroxylation is 1. The molecule has 0 spiro atoms. The van der Waals surface area contributed by atoms with Crippen LogP contribution in [0.5, 0.6) is 5.88 Å². The van der Waals surface area contributed by atoms with E-state index in [1.54, 1.807) is 16.8 Å². The van der Waals surface area contributed by atoms with Gasteiger partial charge in [-0.1, -0.05) is 11.6 Å². The SMILES string of the molecule is N#Cc1ccc(Cl)cc1NC(=O)c1cnn2c1OCCC2. The summed E-state index contributed by atoms with van der Waals surface area (Å²) in [4.78, 5) is 12.3. The number of carbonyl (C=O) groups is 1. The summed E-state index contributed by atoms with van der Waals surface area (Å²) in [6.07, 6.45) is 2.33. The van der Waals surface area contributed by atoms with Crippen LogP contribution in [0.25, 0.3) is 0 Å². The lowest BCUT2D eigenvalue weighted by Gasteiger charge is -2.16. The fraction of sp³-hybridized carbons (Fsp3) is 0.214. The van der Waals surface area contributed by atoms with E-state index in [2.05, 4.69) is 10.4 Å². The molecular weight excluding hydrogens is 292 g/mol. The quantitative estimate of drug-likeness (QED) is 0.924. The number of benzene rings is 1. The molecule has 7 heteroatoms. The number of amides is 1. The van der Waals surface area contributed by atoms with Crippen molar-refractivity contribution in [3.63, 3.8) is 0 Å². The van der Waals surface area contributed by atoms with Crippen molar-refractivity contribution in [3.05, 3.63) is 40.5 Å². The minimum Gasteiger partial charge on any atom is -0.477 e. The molecule has 0 fully saturated rings. The van der Waals surface area contributed by atoms with E-state index in [0.29, 0.717) is 34.3 Å². The Balaban J connectivity index is 1.89. The Morgan fingerprint density at radius 3 is 3.19 bits per heavy atom. The Morgan fingerprint density at radius 2 is 2.38 bits per heavy atom. The van der Waals surface area contributed by atoms with Gasteiger partial charge in [0.2, 0.25) is 5.88 Å². The molecule has 1 aromatic carbocycles. The van der Waals surface area contributed by atoms with E-state index in [1.807, 2.05) is 6.07 Å². The predicted molar refractivity (Wildman–Crippen MR) is 76.5 cm³/mol. The number of hydrogen-bond acceptors (Lipinski definition) is 4. The van der Waals surface area contributed by atoms with Crippen molar-refractivity contribution in [2.75, 3.05) is 11.9 Å². The van der Waals surface area contributed by atoms with Gasteiger partial charge in [-0.2, -0.15) is 10.4 Å². The maximum Gasteiger partial charge on any atom is 0.262 e. The number of anilines is 1. The summed E-state index contributed by atoms with van der Waals surface area (Å²) in [6, 6.07) is 6.70. The Bertz CT molecular complexity index is 748. The average molecular weight is 303 g/mol. The van der Waals surface area contributed by atoms with Gasteiger partial charge in [-0.25, -0.2) is 4.68 Å². The second kappa shape index (κ2) is 5.46. The maximum atomic E-state index is 12.3. The molecule has 0 unspecified atom stereocenters. The molecule has 0 radical (unpaired) electrons. The van der Waals surface area contributed by atoms with E-state index in [0.717, 1.165) is 13.0 Å². The third-order valence-electron chi connectivity index (χ3n) is 3.14. The van der Waals surface area contributed by atoms with Crippen molar-refractivity contribution < 1.29 is 9.53 Å². The molecule has 1 aromatic heterocycles. The van der Waals surface area contributed by atoms with Crippen molar-refractivity contribution in [2.24, 2.45) is 0 Å². The standard InChI is InChI=1S/C14H11ClN4O2/c15-10-3-2-9(7-16)12(6-10)18-13(20)11-8-17-19-4-1-5-21-14(11)19/h2-3,6,8H,1,4-5H2,(H,18,20). The lowest BCUT2D eigenvalue weighted by atomic mass is 10.2. The molecular formula is C14H11ClN4O2. The van der Waals surface area contributed by atoms with Crippen molar-refractivity contribution in [1.82, 2.24) is 9.78 Å². The normalized spacial score (nSPS) is 13.0. The lowest BCUT2D eigenvalue weighted by molar-refractivity contribution is 0.102. The van der Waals surface area contributed by atoms with E-state index in [-0.39, 0.29) is 5.91 Å². The van der Waals surface area contributed by atoms with Gasteiger partial charge < -0.3 is 10.1 Å². The first-order valence-corrected chi connectivity index (χ1v) is 6.76. The van der Waals surface area contributed by atoms with Crippen molar-refractivity contribution in [3.8, 4) is 11.9 Å². The van der Waals surface area contributed by atoms with Crippen molar-refractivity contribution in [2.45, 2.75) is 13.0 Å². The van der Waals surface area contributed by atoms with E-state index >= 15 is 0 Å². The maximum absolute atomic E-state index is 12.3. The summed E-state index contributed by atoms with van der Waals surface area (Å²) in [6.45, 7) is 1.29. The number of nitriles is 1. The molecule has 0 bridgehead atoms. The third-order valence-corrected chi connectivity index (χ3v) is 3.37. The first kappa shape index (κ1) is 13.5. The van der Waals surface area contributed by atoms with Crippen LogP contribution in [0.4, 0.5) is 5.69 Å². The molecule has 106 valence electrons. The number of fused-ring (bicyclic) bond motifs is 1. The Hall–Kier alpha value is -2.52. The number of nitrogens with zero attached hydrogens (tertiary/aromatic N) is 3. The zero-order chi connectivity index (χ0) is 14.8. The topological polar surface area (TPSA) is 79.9 Å². The van der Waals surface area contributed by atoms with Gasteiger partial charge in [0.1, 0.15) is 11.6 Å². The van der Waals surface area contributed by atoms with Gasteiger partial charge in [0.15, 0.2) is 0 Å². The number of nitrogens with one attached hydrogen (secondary N) is 1. The Kier molecular flexibility index (Phi) is 3.50. The molecule has 1 N–H and O–H groups in total. The predicted octanol–water partition coefficient (Wildman–Crippen LogP) is 2.44. The van der Waals surface area contributed by atoms with Crippen LogP contribution in [-0.2, 0) is 6.54 Å².